The fourth-order valence-electron chi connectivity index (χ4n) is 3.51. The largest absolute Gasteiger partial charge is 0.402 e. The lowest BCUT2D eigenvalue weighted by molar-refractivity contribution is 0.112. The van der Waals surface area contributed by atoms with Crippen molar-refractivity contribution in [1.29, 1.82) is 0 Å². The summed E-state index contributed by atoms with van der Waals surface area (Å²) < 4.78 is 0. The molecule has 0 unspecified atom stereocenters. The predicted octanol–water partition coefficient (Wildman–Crippen LogP) is 3.67. The van der Waals surface area contributed by atoms with E-state index in [0.717, 1.165) is 68.2 Å². The summed E-state index contributed by atoms with van der Waals surface area (Å²) in [7, 11) is 0. The molecule has 0 aliphatic carbocycles. The Balaban J connectivity index is 1.60. The number of nitrogens with two attached hydrogens (primary N) is 1. The molecule has 3 rings (SSSR count). The Kier molecular flexibility index (Phi) is 6.45. The highest BCUT2D eigenvalue weighted by molar-refractivity contribution is 5.62. The van der Waals surface area contributed by atoms with E-state index < -0.39 is 0 Å². The molecule has 0 saturated carbocycles. The first-order valence-corrected chi connectivity index (χ1v) is 9.95. The molecule has 1 aromatic heterocycles. The minimum atomic E-state index is 0.427. The van der Waals surface area contributed by atoms with E-state index in [0.29, 0.717) is 5.92 Å². The van der Waals surface area contributed by atoms with E-state index in [9.17, 15) is 0 Å². The summed E-state index contributed by atoms with van der Waals surface area (Å²) >= 11 is 0. The molecule has 2 aromatic rings. The first-order valence-electron chi connectivity index (χ1n) is 9.95. The van der Waals surface area contributed by atoms with E-state index in [4.69, 9.17) is 5.73 Å². The molecule has 1 aliphatic heterocycles. The highest BCUT2D eigenvalue weighted by atomic mass is 15.2. The van der Waals surface area contributed by atoms with Gasteiger partial charge in [0.1, 0.15) is 0 Å². The zero-order valence-corrected chi connectivity index (χ0v) is 16.6. The molecular weight excluding hydrogens is 334 g/mol. The first-order chi connectivity index (χ1) is 13.1. The number of anilines is 1. The highest BCUT2D eigenvalue weighted by Crippen LogP contribution is 2.24. The molecule has 0 spiro atoms. The Bertz CT molecular complexity index is 726. The van der Waals surface area contributed by atoms with E-state index in [-0.39, 0.29) is 0 Å². The molecule has 1 fully saturated rings. The highest BCUT2D eigenvalue weighted by Gasteiger charge is 2.27. The van der Waals surface area contributed by atoms with Crippen LogP contribution in [-0.2, 0) is 6.54 Å². The number of likely N-dealkylation sites (tertiary alicyclic amines) is 1. The Morgan fingerprint density at radius 2 is 1.74 bits per heavy atom. The van der Waals surface area contributed by atoms with Gasteiger partial charge >= 0.3 is 0 Å². The van der Waals surface area contributed by atoms with Gasteiger partial charge in [0.05, 0.1) is 11.4 Å². The molecule has 0 atom stereocenters. The topological polar surface area (TPSA) is 58.3 Å². The number of benzene rings is 1. The monoisotopic (exact) mass is 365 g/mol. The lowest BCUT2D eigenvalue weighted by Gasteiger charge is -2.38. The van der Waals surface area contributed by atoms with E-state index in [1.54, 1.807) is 0 Å². The molecule has 27 heavy (non-hydrogen) atoms. The van der Waals surface area contributed by atoms with Gasteiger partial charge in [-0.1, -0.05) is 32.6 Å². The van der Waals surface area contributed by atoms with Gasteiger partial charge < -0.3 is 10.6 Å². The molecule has 5 heteroatoms. The van der Waals surface area contributed by atoms with Crippen LogP contribution < -0.4 is 10.6 Å². The van der Waals surface area contributed by atoms with Crippen molar-refractivity contribution in [3.8, 4) is 11.3 Å². The Morgan fingerprint density at radius 3 is 2.26 bits per heavy atom. The lowest BCUT2D eigenvalue weighted by Crippen LogP contribution is -2.48. The maximum absolute atomic E-state index is 5.75. The Hall–Kier alpha value is -2.40. The van der Waals surface area contributed by atoms with Gasteiger partial charge in [-0.3, -0.25) is 4.90 Å². The molecule has 0 radical (unpaired) electrons. The molecule has 0 bridgehead atoms. The maximum Gasteiger partial charge on any atom is 0.0929 e. The fraction of sp³-hybridized carbons (Fsp3) is 0.455. The smallest absolute Gasteiger partial charge is 0.0929 e. The molecule has 1 aromatic carbocycles. The van der Waals surface area contributed by atoms with Crippen LogP contribution in [0.15, 0.2) is 48.7 Å². The average Bonchev–Trinajstić information content (AvgIpc) is 2.64. The summed E-state index contributed by atoms with van der Waals surface area (Å²) in [5, 5.41) is 8.84. The van der Waals surface area contributed by atoms with Gasteiger partial charge in [0.15, 0.2) is 0 Å². The van der Waals surface area contributed by atoms with E-state index in [1.165, 1.54) is 5.69 Å². The normalized spacial score (nSPS) is 14.7. The van der Waals surface area contributed by atoms with Crippen molar-refractivity contribution in [2.24, 2.45) is 11.7 Å². The van der Waals surface area contributed by atoms with E-state index >= 15 is 0 Å². The second kappa shape index (κ2) is 9.00. The third-order valence-corrected chi connectivity index (χ3v) is 5.10. The van der Waals surface area contributed by atoms with Crippen molar-refractivity contribution in [1.82, 2.24) is 15.1 Å². The zero-order chi connectivity index (χ0) is 19.2. The third kappa shape index (κ3) is 4.86. The molecule has 1 saturated heterocycles. The van der Waals surface area contributed by atoms with Crippen molar-refractivity contribution in [2.45, 2.75) is 33.2 Å². The van der Waals surface area contributed by atoms with Crippen molar-refractivity contribution < 1.29 is 0 Å². The van der Waals surface area contributed by atoms with Crippen LogP contribution in [0.5, 0.6) is 0 Å². The molecular formula is C22H31N5. The second-order valence-electron chi connectivity index (χ2n) is 7.41. The molecule has 0 amide bonds. The van der Waals surface area contributed by atoms with Gasteiger partial charge in [-0.25, -0.2) is 0 Å². The van der Waals surface area contributed by atoms with Gasteiger partial charge in [-0.15, -0.1) is 0 Å². The minimum Gasteiger partial charge on any atom is -0.402 e. The van der Waals surface area contributed by atoms with Crippen LogP contribution in [0.2, 0.25) is 0 Å². The number of rotatable bonds is 9. The SMILES string of the molecule is C=C(N)C1CN(Cc2ccc(-c3ccc(N(CCC)CCC)cc3)nn2)C1. The molecule has 2 N–H and O–H groups in total. The average molecular weight is 366 g/mol. The number of hydrogen-bond acceptors (Lipinski definition) is 5. The van der Waals surface area contributed by atoms with Crippen molar-refractivity contribution in [2.75, 3.05) is 31.1 Å². The maximum atomic E-state index is 5.75. The van der Waals surface area contributed by atoms with Crippen molar-refractivity contribution in [3.63, 3.8) is 0 Å². The van der Waals surface area contributed by atoms with Crippen LogP contribution in [0, 0.1) is 5.92 Å². The van der Waals surface area contributed by atoms with Crippen LogP contribution in [0.3, 0.4) is 0 Å². The number of hydrogen-bond donors (Lipinski definition) is 1. The first kappa shape index (κ1) is 19.4. The molecule has 144 valence electrons. The summed E-state index contributed by atoms with van der Waals surface area (Å²) in [4.78, 5) is 4.76. The Morgan fingerprint density at radius 1 is 1.07 bits per heavy atom. The summed E-state index contributed by atoms with van der Waals surface area (Å²) in [6.07, 6.45) is 2.32. The number of aromatic nitrogens is 2. The van der Waals surface area contributed by atoms with E-state index in [1.807, 2.05) is 0 Å². The predicted molar refractivity (Wildman–Crippen MR) is 112 cm³/mol. The number of nitrogens with zero attached hydrogens (tertiary/aromatic N) is 4. The molecule has 1 aliphatic rings. The van der Waals surface area contributed by atoms with Crippen LogP contribution in [0.1, 0.15) is 32.4 Å². The summed E-state index contributed by atoms with van der Waals surface area (Å²) in [6.45, 7) is 13.2. The summed E-state index contributed by atoms with van der Waals surface area (Å²) in [5.74, 6) is 0.427. The van der Waals surface area contributed by atoms with Crippen molar-refractivity contribution >= 4 is 5.69 Å². The summed E-state index contributed by atoms with van der Waals surface area (Å²) in [5.41, 5.74) is 10.8. The van der Waals surface area contributed by atoms with Gasteiger partial charge in [0.2, 0.25) is 0 Å². The van der Waals surface area contributed by atoms with E-state index in [2.05, 4.69) is 76.8 Å². The molecule has 5 nitrogen and oxygen atoms in total. The third-order valence-electron chi connectivity index (χ3n) is 5.10. The minimum absolute atomic E-state index is 0.427. The fourth-order valence-corrected chi connectivity index (χ4v) is 3.51. The van der Waals surface area contributed by atoms with Gasteiger partial charge in [-0.2, -0.15) is 10.2 Å². The molecule has 2 heterocycles. The van der Waals surface area contributed by atoms with Crippen molar-refractivity contribution in [3.05, 3.63) is 54.4 Å². The van der Waals surface area contributed by atoms with Crippen LogP contribution in [0.4, 0.5) is 5.69 Å². The van der Waals surface area contributed by atoms with Crippen LogP contribution >= 0.6 is 0 Å². The van der Waals surface area contributed by atoms with Gasteiger partial charge in [0, 0.05) is 55.6 Å². The lowest BCUT2D eigenvalue weighted by atomic mass is 9.97. The van der Waals surface area contributed by atoms with Crippen LogP contribution in [-0.4, -0.2) is 41.3 Å². The quantitative estimate of drug-likeness (QED) is 0.735. The standard InChI is InChI=1S/C22H31N5/c1-4-12-27(13-5-2)21-9-6-18(7-10-21)22-11-8-20(24-25-22)16-26-14-19(15-26)17(3)23/h6-11,19H,3-5,12-16,23H2,1-2H3. The Labute approximate surface area is 162 Å². The second-order valence-corrected chi connectivity index (χ2v) is 7.41. The van der Waals surface area contributed by atoms with Crippen LogP contribution in [0.25, 0.3) is 11.3 Å². The van der Waals surface area contributed by atoms with Gasteiger partial charge in [0.25, 0.3) is 0 Å². The summed E-state index contributed by atoms with van der Waals surface area (Å²) in [6, 6.07) is 12.8. The zero-order valence-electron chi connectivity index (χ0n) is 16.6. The van der Waals surface area contributed by atoms with Gasteiger partial charge in [-0.05, 0) is 37.1 Å².